The maximum atomic E-state index is 12.9. The highest BCUT2D eigenvalue weighted by Gasteiger charge is 2.26. The lowest BCUT2D eigenvalue weighted by Crippen LogP contribution is -2.28. The summed E-state index contributed by atoms with van der Waals surface area (Å²) in [6.45, 7) is 0.646. The number of anilines is 1. The molecule has 134 valence electrons. The molecule has 27 heavy (non-hydrogen) atoms. The summed E-state index contributed by atoms with van der Waals surface area (Å²) in [6.07, 6.45) is 4.37. The molecule has 4 rings (SSSR count). The van der Waals surface area contributed by atoms with E-state index in [9.17, 15) is 9.59 Å². The molecule has 0 N–H and O–H groups in total. The lowest BCUT2D eigenvalue weighted by Gasteiger charge is -2.18. The fourth-order valence-electron chi connectivity index (χ4n) is 3.36. The number of rotatable bonds is 3. The van der Waals surface area contributed by atoms with Gasteiger partial charge in [-0.1, -0.05) is 6.07 Å². The molecule has 2 aromatic carbocycles. The zero-order valence-corrected chi connectivity index (χ0v) is 14.9. The van der Waals surface area contributed by atoms with E-state index in [2.05, 4.69) is 11.1 Å². The Bertz CT molecular complexity index is 998. The predicted molar refractivity (Wildman–Crippen MR) is 103 cm³/mol. The molecule has 2 heterocycles. The van der Waals surface area contributed by atoms with Crippen LogP contribution in [0.1, 0.15) is 26.3 Å². The van der Waals surface area contributed by atoms with E-state index in [1.165, 1.54) is 7.11 Å². The SMILES string of the molecule is COC(=O)c1ccc(C(=O)N2CCc3cc(-c4ccncc4)ccc32)cc1. The normalized spacial score (nSPS) is 12.6. The molecule has 1 aliphatic rings. The summed E-state index contributed by atoms with van der Waals surface area (Å²) in [7, 11) is 1.34. The number of fused-ring (bicyclic) bond motifs is 1. The number of methoxy groups -OCH3 is 1. The highest BCUT2D eigenvalue weighted by atomic mass is 16.5. The number of aromatic nitrogens is 1. The van der Waals surface area contributed by atoms with E-state index in [0.29, 0.717) is 17.7 Å². The van der Waals surface area contributed by atoms with Gasteiger partial charge < -0.3 is 9.64 Å². The third-order valence-electron chi connectivity index (χ3n) is 4.79. The van der Waals surface area contributed by atoms with Crippen molar-refractivity contribution in [1.29, 1.82) is 0 Å². The van der Waals surface area contributed by atoms with Crippen LogP contribution in [0.4, 0.5) is 5.69 Å². The van der Waals surface area contributed by atoms with Crippen molar-refractivity contribution in [2.45, 2.75) is 6.42 Å². The Morgan fingerprint density at radius 3 is 2.33 bits per heavy atom. The Morgan fingerprint density at radius 2 is 1.63 bits per heavy atom. The van der Waals surface area contributed by atoms with E-state index in [-0.39, 0.29) is 5.91 Å². The summed E-state index contributed by atoms with van der Waals surface area (Å²) >= 11 is 0. The highest BCUT2D eigenvalue weighted by Crippen LogP contribution is 2.33. The van der Waals surface area contributed by atoms with Gasteiger partial charge in [0.2, 0.25) is 0 Å². The molecule has 0 saturated carbocycles. The average Bonchev–Trinajstić information content (AvgIpc) is 3.16. The smallest absolute Gasteiger partial charge is 0.337 e. The van der Waals surface area contributed by atoms with Crippen molar-refractivity contribution in [2.75, 3.05) is 18.6 Å². The summed E-state index contributed by atoms with van der Waals surface area (Å²) in [5, 5.41) is 0. The van der Waals surface area contributed by atoms with Crippen LogP contribution in [0, 0.1) is 0 Å². The first kappa shape index (κ1) is 17.0. The summed E-state index contributed by atoms with van der Waals surface area (Å²) < 4.78 is 4.69. The van der Waals surface area contributed by atoms with Gasteiger partial charge in [0.25, 0.3) is 5.91 Å². The standard InChI is InChI=1S/C22H18N2O3/c1-27-22(26)17-4-2-16(3-5-17)21(25)24-13-10-19-14-18(6-7-20(19)24)15-8-11-23-12-9-15/h2-9,11-12,14H,10,13H2,1H3. The van der Waals surface area contributed by atoms with E-state index in [4.69, 9.17) is 4.74 Å². The topological polar surface area (TPSA) is 59.5 Å². The molecular formula is C22H18N2O3. The van der Waals surface area contributed by atoms with Gasteiger partial charge >= 0.3 is 5.97 Å². The van der Waals surface area contributed by atoms with Crippen molar-refractivity contribution in [2.24, 2.45) is 0 Å². The molecule has 0 aliphatic carbocycles. The zero-order chi connectivity index (χ0) is 18.8. The van der Waals surface area contributed by atoms with Crippen LogP contribution in [0.3, 0.4) is 0 Å². The van der Waals surface area contributed by atoms with Gasteiger partial charge in [0.1, 0.15) is 0 Å². The van der Waals surface area contributed by atoms with Crippen LogP contribution in [0.25, 0.3) is 11.1 Å². The van der Waals surface area contributed by atoms with Gasteiger partial charge in [-0.15, -0.1) is 0 Å². The lowest BCUT2D eigenvalue weighted by molar-refractivity contribution is 0.0600. The first-order valence-electron chi connectivity index (χ1n) is 8.71. The van der Waals surface area contributed by atoms with E-state index in [1.54, 1.807) is 41.6 Å². The van der Waals surface area contributed by atoms with Crippen LogP contribution in [-0.4, -0.2) is 30.5 Å². The van der Waals surface area contributed by atoms with Crippen LogP contribution in [0.15, 0.2) is 67.0 Å². The molecule has 5 heteroatoms. The number of ether oxygens (including phenoxy) is 1. The lowest BCUT2D eigenvalue weighted by atomic mass is 10.0. The minimum absolute atomic E-state index is 0.0678. The molecule has 0 saturated heterocycles. The third-order valence-corrected chi connectivity index (χ3v) is 4.79. The number of carbonyl (C=O) groups excluding carboxylic acids is 2. The number of carbonyl (C=O) groups is 2. The summed E-state index contributed by atoms with van der Waals surface area (Å²) in [4.78, 5) is 30.3. The molecule has 1 amide bonds. The highest BCUT2D eigenvalue weighted by molar-refractivity contribution is 6.07. The molecule has 3 aromatic rings. The van der Waals surface area contributed by atoms with Crippen LogP contribution in [0.2, 0.25) is 0 Å². The van der Waals surface area contributed by atoms with Crippen molar-refractivity contribution in [3.63, 3.8) is 0 Å². The Hall–Kier alpha value is -3.47. The van der Waals surface area contributed by atoms with Gasteiger partial charge in [0, 0.05) is 30.2 Å². The molecule has 1 aliphatic heterocycles. The number of hydrogen-bond donors (Lipinski definition) is 0. The number of esters is 1. The van der Waals surface area contributed by atoms with Gasteiger partial charge in [-0.2, -0.15) is 0 Å². The predicted octanol–water partition coefficient (Wildman–Crippen LogP) is 3.74. The Kier molecular flexibility index (Phi) is 4.42. The first-order chi connectivity index (χ1) is 13.2. The maximum absolute atomic E-state index is 12.9. The van der Waals surface area contributed by atoms with E-state index >= 15 is 0 Å². The van der Waals surface area contributed by atoms with Crippen LogP contribution in [-0.2, 0) is 11.2 Å². The second-order valence-corrected chi connectivity index (χ2v) is 6.36. The largest absolute Gasteiger partial charge is 0.465 e. The Morgan fingerprint density at radius 1 is 0.926 bits per heavy atom. The summed E-state index contributed by atoms with van der Waals surface area (Å²) in [5.74, 6) is -0.481. The van der Waals surface area contributed by atoms with E-state index in [1.807, 2.05) is 24.3 Å². The second kappa shape index (κ2) is 7.03. The van der Waals surface area contributed by atoms with Crippen molar-refractivity contribution in [3.8, 4) is 11.1 Å². The van der Waals surface area contributed by atoms with Crippen molar-refractivity contribution < 1.29 is 14.3 Å². The van der Waals surface area contributed by atoms with Crippen LogP contribution >= 0.6 is 0 Å². The van der Waals surface area contributed by atoms with Crippen molar-refractivity contribution >= 4 is 17.6 Å². The molecule has 0 spiro atoms. The molecule has 0 unspecified atom stereocenters. The quantitative estimate of drug-likeness (QED) is 0.669. The first-order valence-corrected chi connectivity index (χ1v) is 8.71. The van der Waals surface area contributed by atoms with Crippen molar-refractivity contribution in [3.05, 3.63) is 83.7 Å². The fourth-order valence-corrected chi connectivity index (χ4v) is 3.36. The molecule has 0 bridgehead atoms. The minimum Gasteiger partial charge on any atom is -0.465 e. The summed E-state index contributed by atoms with van der Waals surface area (Å²) in [5.41, 5.74) is 5.30. The number of nitrogens with zero attached hydrogens (tertiary/aromatic N) is 2. The molecule has 0 radical (unpaired) electrons. The Balaban J connectivity index is 1.59. The second-order valence-electron chi connectivity index (χ2n) is 6.36. The average molecular weight is 358 g/mol. The fraction of sp³-hybridized carbons (Fsp3) is 0.136. The number of benzene rings is 2. The van der Waals surface area contributed by atoms with Gasteiger partial charge in [0.05, 0.1) is 12.7 Å². The number of hydrogen-bond acceptors (Lipinski definition) is 4. The minimum atomic E-state index is -0.413. The number of pyridine rings is 1. The third kappa shape index (κ3) is 3.19. The molecule has 1 aromatic heterocycles. The molecule has 5 nitrogen and oxygen atoms in total. The monoisotopic (exact) mass is 358 g/mol. The van der Waals surface area contributed by atoms with Crippen LogP contribution in [0.5, 0.6) is 0 Å². The van der Waals surface area contributed by atoms with E-state index in [0.717, 1.165) is 28.8 Å². The summed E-state index contributed by atoms with van der Waals surface area (Å²) in [6, 6.07) is 16.7. The van der Waals surface area contributed by atoms with Gasteiger partial charge in [0.15, 0.2) is 0 Å². The molecule has 0 fully saturated rings. The zero-order valence-electron chi connectivity index (χ0n) is 14.9. The van der Waals surface area contributed by atoms with Gasteiger partial charge in [-0.05, 0) is 71.6 Å². The Labute approximate surface area is 157 Å². The van der Waals surface area contributed by atoms with Crippen LogP contribution < -0.4 is 4.90 Å². The van der Waals surface area contributed by atoms with Gasteiger partial charge in [-0.25, -0.2) is 4.79 Å². The molecular weight excluding hydrogens is 340 g/mol. The van der Waals surface area contributed by atoms with Crippen molar-refractivity contribution in [1.82, 2.24) is 4.98 Å². The number of amides is 1. The van der Waals surface area contributed by atoms with Gasteiger partial charge in [-0.3, -0.25) is 9.78 Å². The molecule has 0 atom stereocenters. The maximum Gasteiger partial charge on any atom is 0.337 e. The van der Waals surface area contributed by atoms with E-state index < -0.39 is 5.97 Å².